The molecule has 0 fully saturated rings. The SMILES string of the molecule is Cc1ccc(Nc2ccnc(CCN)n2)o1. The van der Waals surface area contributed by atoms with Crippen molar-refractivity contribution in [3.05, 3.63) is 36.0 Å². The number of nitrogens with two attached hydrogens (primary N) is 1. The molecule has 0 radical (unpaired) electrons. The molecule has 2 aromatic heterocycles. The van der Waals surface area contributed by atoms with E-state index in [1.165, 1.54) is 0 Å². The van der Waals surface area contributed by atoms with Gasteiger partial charge in [0.05, 0.1) is 0 Å². The van der Waals surface area contributed by atoms with Gasteiger partial charge in [-0.1, -0.05) is 0 Å². The van der Waals surface area contributed by atoms with Crippen LogP contribution in [0.5, 0.6) is 0 Å². The van der Waals surface area contributed by atoms with Gasteiger partial charge >= 0.3 is 0 Å². The highest BCUT2D eigenvalue weighted by Gasteiger charge is 2.01. The molecule has 0 spiro atoms. The van der Waals surface area contributed by atoms with Gasteiger partial charge in [0.25, 0.3) is 0 Å². The van der Waals surface area contributed by atoms with Crippen LogP contribution in [0.3, 0.4) is 0 Å². The maximum absolute atomic E-state index is 5.45. The van der Waals surface area contributed by atoms with Crippen LogP contribution in [0, 0.1) is 6.92 Å². The fraction of sp³-hybridized carbons (Fsp3) is 0.273. The summed E-state index contributed by atoms with van der Waals surface area (Å²) in [6, 6.07) is 5.54. The fourth-order valence-electron chi connectivity index (χ4n) is 1.35. The normalized spacial score (nSPS) is 10.4. The topological polar surface area (TPSA) is 77.0 Å². The summed E-state index contributed by atoms with van der Waals surface area (Å²) >= 11 is 0. The van der Waals surface area contributed by atoms with Crippen molar-refractivity contribution < 1.29 is 4.42 Å². The zero-order chi connectivity index (χ0) is 11.4. The molecule has 0 saturated carbocycles. The third-order valence-electron chi connectivity index (χ3n) is 2.07. The van der Waals surface area contributed by atoms with E-state index in [1.807, 2.05) is 19.1 Å². The van der Waals surface area contributed by atoms with Crippen molar-refractivity contribution in [1.29, 1.82) is 0 Å². The molecule has 0 aromatic carbocycles. The Morgan fingerprint density at radius 3 is 2.94 bits per heavy atom. The molecule has 0 aliphatic rings. The summed E-state index contributed by atoms with van der Waals surface area (Å²) in [7, 11) is 0. The number of hydrogen-bond acceptors (Lipinski definition) is 5. The number of nitrogens with one attached hydrogen (secondary N) is 1. The average molecular weight is 218 g/mol. The molecular formula is C11H14N4O. The highest BCUT2D eigenvalue weighted by atomic mass is 16.4. The third-order valence-corrected chi connectivity index (χ3v) is 2.07. The first-order chi connectivity index (χ1) is 7.78. The summed E-state index contributed by atoms with van der Waals surface area (Å²) in [4.78, 5) is 8.42. The molecule has 0 unspecified atom stereocenters. The van der Waals surface area contributed by atoms with E-state index in [0.29, 0.717) is 24.7 Å². The van der Waals surface area contributed by atoms with Crippen LogP contribution < -0.4 is 11.1 Å². The number of aryl methyl sites for hydroxylation is 1. The number of rotatable bonds is 4. The molecular weight excluding hydrogens is 204 g/mol. The minimum absolute atomic E-state index is 0.545. The number of nitrogens with zero attached hydrogens (tertiary/aromatic N) is 2. The van der Waals surface area contributed by atoms with Gasteiger partial charge in [-0.3, -0.25) is 0 Å². The van der Waals surface area contributed by atoms with Crippen LogP contribution >= 0.6 is 0 Å². The molecule has 16 heavy (non-hydrogen) atoms. The van der Waals surface area contributed by atoms with Crippen molar-refractivity contribution in [1.82, 2.24) is 9.97 Å². The Balaban J connectivity index is 2.12. The minimum Gasteiger partial charge on any atom is -0.446 e. The highest BCUT2D eigenvalue weighted by Crippen LogP contribution is 2.16. The second-order valence-corrected chi connectivity index (χ2v) is 3.43. The lowest BCUT2D eigenvalue weighted by atomic mass is 10.4. The summed E-state index contributed by atoms with van der Waals surface area (Å²) in [6.45, 7) is 2.44. The van der Waals surface area contributed by atoms with Crippen molar-refractivity contribution in [2.24, 2.45) is 5.73 Å². The smallest absolute Gasteiger partial charge is 0.198 e. The molecule has 0 saturated heterocycles. The number of aromatic nitrogens is 2. The van der Waals surface area contributed by atoms with E-state index in [4.69, 9.17) is 10.2 Å². The van der Waals surface area contributed by atoms with Gasteiger partial charge in [0.15, 0.2) is 5.88 Å². The van der Waals surface area contributed by atoms with Gasteiger partial charge in [-0.05, 0) is 25.6 Å². The second-order valence-electron chi connectivity index (χ2n) is 3.43. The van der Waals surface area contributed by atoms with Gasteiger partial charge in [-0.2, -0.15) is 0 Å². The number of hydrogen-bond donors (Lipinski definition) is 2. The van der Waals surface area contributed by atoms with Crippen molar-refractivity contribution in [3.8, 4) is 0 Å². The fourth-order valence-corrected chi connectivity index (χ4v) is 1.35. The van der Waals surface area contributed by atoms with Crippen LogP contribution in [-0.2, 0) is 6.42 Å². The average Bonchev–Trinajstić information content (AvgIpc) is 2.65. The van der Waals surface area contributed by atoms with Gasteiger partial charge < -0.3 is 15.5 Å². The first kappa shape index (κ1) is 10.6. The second kappa shape index (κ2) is 4.76. The first-order valence-electron chi connectivity index (χ1n) is 5.13. The van der Waals surface area contributed by atoms with Crippen molar-refractivity contribution in [2.75, 3.05) is 11.9 Å². The van der Waals surface area contributed by atoms with E-state index in [-0.39, 0.29) is 0 Å². The highest BCUT2D eigenvalue weighted by molar-refractivity contribution is 5.49. The minimum atomic E-state index is 0.545. The number of anilines is 2. The summed E-state index contributed by atoms with van der Waals surface area (Å²) in [5.41, 5.74) is 5.45. The van der Waals surface area contributed by atoms with Gasteiger partial charge in [-0.25, -0.2) is 9.97 Å². The predicted molar refractivity (Wildman–Crippen MR) is 61.5 cm³/mol. The van der Waals surface area contributed by atoms with Gasteiger partial charge in [0, 0.05) is 18.7 Å². The van der Waals surface area contributed by atoms with Crippen molar-refractivity contribution in [2.45, 2.75) is 13.3 Å². The molecule has 3 N–H and O–H groups in total. The molecule has 0 amide bonds. The maximum Gasteiger partial charge on any atom is 0.198 e. The summed E-state index contributed by atoms with van der Waals surface area (Å²) in [5, 5.41) is 3.06. The molecule has 0 aliphatic carbocycles. The van der Waals surface area contributed by atoms with Crippen LogP contribution in [-0.4, -0.2) is 16.5 Å². The van der Waals surface area contributed by atoms with E-state index in [2.05, 4.69) is 15.3 Å². The zero-order valence-electron chi connectivity index (χ0n) is 9.10. The summed E-state index contributed by atoms with van der Waals surface area (Å²) < 4.78 is 5.39. The maximum atomic E-state index is 5.45. The Morgan fingerprint density at radius 1 is 1.38 bits per heavy atom. The first-order valence-corrected chi connectivity index (χ1v) is 5.13. The van der Waals surface area contributed by atoms with E-state index in [1.54, 1.807) is 12.3 Å². The summed E-state index contributed by atoms with van der Waals surface area (Å²) in [6.07, 6.45) is 2.38. The van der Waals surface area contributed by atoms with Crippen LogP contribution in [0.1, 0.15) is 11.6 Å². The molecule has 5 heteroatoms. The molecule has 5 nitrogen and oxygen atoms in total. The zero-order valence-corrected chi connectivity index (χ0v) is 9.10. The molecule has 0 bridgehead atoms. The van der Waals surface area contributed by atoms with Gasteiger partial charge in [-0.15, -0.1) is 0 Å². The van der Waals surface area contributed by atoms with E-state index in [0.717, 1.165) is 11.6 Å². The van der Waals surface area contributed by atoms with Crippen LogP contribution in [0.25, 0.3) is 0 Å². The third kappa shape index (κ3) is 2.58. The lowest BCUT2D eigenvalue weighted by molar-refractivity contribution is 0.551. The van der Waals surface area contributed by atoms with E-state index < -0.39 is 0 Å². The Labute approximate surface area is 93.7 Å². The van der Waals surface area contributed by atoms with Crippen molar-refractivity contribution >= 4 is 11.7 Å². The largest absolute Gasteiger partial charge is 0.446 e. The molecule has 0 atom stereocenters. The molecule has 2 aromatic rings. The Bertz CT molecular complexity index is 467. The molecule has 0 aliphatic heterocycles. The van der Waals surface area contributed by atoms with Gasteiger partial charge in [0.1, 0.15) is 17.4 Å². The quantitative estimate of drug-likeness (QED) is 0.815. The predicted octanol–water partition coefficient (Wildman–Crippen LogP) is 1.62. The lowest BCUT2D eigenvalue weighted by Gasteiger charge is -2.03. The molecule has 2 rings (SSSR count). The van der Waals surface area contributed by atoms with Crippen LogP contribution in [0.4, 0.5) is 11.7 Å². The van der Waals surface area contributed by atoms with Crippen molar-refractivity contribution in [3.63, 3.8) is 0 Å². The Morgan fingerprint density at radius 2 is 2.25 bits per heavy atom. The lowest BCUT2D eigenvalue weighted by Crippen LogP contribution is -2.07. The Hall–Kier alpha value is -1.88. The van der Waals surface area contributed by atoms with E-state index >= 15 is 0 Å². The molecule has 2 heterocycles. The monoisotopic (exact) mass is 218 g/mol. The summed E-state index contributed by atoms with van der Waals surface area (Å²) in [5.74, 6) is 2.98. The van der Waals surface area contributed by atoms with E-state index in [9.17, 15) is 0 Å². The Kier molecular flexibility index (Phi) is 3.16. The van der Waals surface area contributed by atoms with Crippen LogP contribution in [0.15, 0.2) is 28.8 Å². The molecule has 84 valence electrons. The van der Waals surface area contributed by atoms with Crippen LogP contribution in [0.2, 0.25) is 0 Å². The standard InChI is InChI=1S/C11H14N4O/c1-8-2-3-11(16-8)15-10-5-7-13-9(14-10)4-6-12/h2-3,5,7H,4,6,12H2,1H3,(H,13,14,15). The van der Waals surface area contributed by atoms with Gasteiger partial charge in [0.2, 0.25) is 0 Å². The number of furan rings is 1.